The number of hydrogen-bond acceptors (Lipinski definition) is 4. The summed E-state index contributed by atoms with van der Waals surface area (Å²) in [6.45, 7) is 0.818. The molecule has 0 fully saturated rings. The summed E-state index contributed by atoms with van der Waals surface area (Å²) in [7, 11) is -3.20. The Morgan fingerprint density at radius 3 is 2.56 bits per heavy atom. The molecular formula is C24H25N3O3S2. The van der Waals surface area contributed by atoms with Gasteiger partial charge in [0.25, 0.3) is 5.91 Å². The van der Waals surface area contributed by atoms with E-state index >= 15 is 0 Å². The number of fused-ring (bicyclic) bond motifs is 1. The highest BCUT2D eigenvalue weighted by Gasteiger charge is 2.20. The highest BCUT2D eigenvalue weighted by atomic mass is 32.2. The van der Waals surface area contributed by atoms with Crippen LogP contribution in [0.2, 0.25) is 0 Å². The van der Waals surface area contributed by atoms with E-state index in [9.17, 15) is 13.2 Å². The predicted octanol–water partition coefficient (Wildman–Crippen LogP) is 3.88. The van der Waals surface area contributed by atoms with Crippen molar-refractivity contribution < 1.29 is 13.2 Å². The van der Waals surface area contributed by atoms with Crippen LogP contribution in [0.5, 0.6) is 0 Å². The first kappa shape index (κ1) is 22.3. The first-order chi connectivity index (χ1) is 15.4. The molecule has 0 radical (unpaired) electrons. The summed E-state index contributed by atoms with van der Waals surface area (Å²) in [5.41, 5.74) is 3.79. The predicted molar refractivity (Wildman–Crippen MR) is 130 cm³/mol. The fourth-order valence-electron chi connectivity index (χ4n) is 3.74. The van der Waals surface area contributed by atoms with E-state index in [4.69, 9.17) is 0 Å². The van der Waals surface area contributed by atoms with E-state index in [1.807, 2.05) is 36.5 Å². The second-order valence-corrected chi connectivity index (χ2v) is 10.5. The molecule has 4 rings (SSSR count). The lowest BCUT2D eigenvalue weighted by Gasteiger charge is -2.16. The number of carbonyl (C=O) groups is 1. The van der Waals surface area contributed by atoms with Gasteiger partial charge in [-0.15, -0.1) is 11.3 Å². The number of sulfonamides is 1. The van der Waals surface area contributed by atoms with Crippen molar-refractivity contribution in [3.63, 3.8) is 0 Å². The molecule has 2 aromatic heterocycles. The molecule has 1 amide bonds. The van der Waals surface area contributed by atoms with Crippen LogP contribution in [0, 0.1) is 0 Å². The van der Waals surface area contributed by atoms with Crippen LogP contribution in [0.4, 0.5) is 0 Å². The zero-order chi connectivity index (χ0) is 22.6. The van der Waals surface area contributed by atoms with Crippen LogP contribution in [0.1, 0.15) is 32.3 Å². The van der Waals surface area contributed by atoms with Crippen LogP contribution in [-0.2, 0) is 16.4 Å². The minimum absolute atomic E-state index is 0.0523. The van der Waals surface area contributed by atoms with Crippen molar-refractivity contribution in [2.24, 2.45) is 0 Å². The number of benzene rings is 2. The number of amides is 1. The molecule has 3 N–H and O–H groups in total. The Morgan fingerprint density at radius 2 is 1.84 bits per heavy atom. The number of H-pyrrole nitrogens is 1. The van der Waals surface area contributed by atoms with E-state index in [1.165, 1.54) is 4.88 Å². The molecule has 1 unspecified atom stereocenters. The Labute approximate surface area is 191 Å². The number of carbonyl (C=O) groups excluding carboxylic acids is 1. The van der Waals surface area contributed by atoms with E-state index in [0.29, 0.717) is 25.1 Å². The monoisotopic (exact) mass is 467 g/mol. The number of aromatic amines is 1. The van der Waals surface area contributed by atoms with Gasteiger partial charge < -0.3 is 10.3 Å². The summed E-state index contributed by atoms with van der Waals surface area (Å²) in [6.07, 6.45) is 3.73. The fourth-order valence-corrected chi connectivity index (χ4v) is 5.05. The van der Waals surface area contributed by atoms with Crippen LogP contribution < -0.4 is 10.0 Å². The van der Waals surface area contributed by atoms with Crippen LogP contribution in [0.3, 0.4) is 0 Å². The van der Waals surface area contributed by atoms with Crippen molar-refractivity contribution >= 4 is 38.2 Å². The van der Waals surface area contributed by atoms with E-state index in [2.05, 4.69) is 38.6 Å². The van der Waals surface area contributed by atoms with Gasteiger partial charge in [-0.3, -0.25) is 4.79 Å². The van der Waals surface area contributed by atoms with Gasteiger partial charge in [-0.05, 0) is 47.2 Å². The van der Waals surface area contributed by atoms with E-state index in [1.54, 1.807) is 23.5 Å². The van der Waals surface area contributed by atoms with Crippen molar-refractivity contribution in [1.82, 2.24) is 15.0 Å². The van der Waals surface area contributed by atoms with Gasteiger partial charge in [-0.25, -0.2) is 13.1 Å². The van der Waals surface area contributed by atoms with Crippen molar-refractivity contribution in [1.29, 1.82) is 0 Å². The van der Waals surface area contributed by atoms with E-state index < -0.39 is 10.0 Å². The number of nitrogens with one attached hydrogen (secondary N) is 3. The third-order valence-electron chi connectivity index (χ3n) is 5.34. The van der Waals surface area contributed by atoms with Crippen molar-refractivity contribution in [2.75, 3.05) is 19.3 Å². The second-order valence-electron chi connectivity index (χ2n) is 7.68. The van der Waals surface area contributed by atoms with Gasteiger partial charge in [0, 0.05) is 46.5 Å². The van der Waals surface area contributed by atoms with Gasteiger partial charge in [-0.1, -0.05) is 36.4 Å². The van der Waals surface area contributed by atoms with Crippen molar-refractivity contribution in [3.8, 4) is 0 Å². The SMILES string of the molecule is CS(=O)(=O)NCCc1ccc(C(=O)NCC(c2cccs2)c2c[nH]c3ccccc23)cc1. The molecule has 4 aromatic rings. The number of rotatable bonds is 9. The third kappa shape index (κ3) is 5.45. The van der Waals surface area contributed by atoms with Gasteiger partial charge in [-0.2, -0.15) is 0 Å². The maximum absolute atomic E-state index is 12.8. The quantitative estimate of drug-likeness (QED) is 0.349. The summed E-state index contributed by atoms with van der Waals surface area (Å²) in [5, 5.41) is 6.30. The summed E-state index contributed by atoms with van der Waals surface area (Å²) in [5.74, 6) is -0.0800. The van der Waals surface area contributed by atoms with Crippen LogP contribution in [0.15, 0.2) is 72.2 Å². The molecule has 6 nitrogen and oxygen atoms in total. The minimum Gasteiger partial charge on any atom is -0.361 e. The first-order valence-corrected chi connectivity index (χ1v) is 13.1. The van der Waals surface area contributed by atoms with Gasteiger partial charge in [0.1, 0.15) is 0 Å². The highest BCUT2D eigenvalue weighted by molar-refractivity contribution is 7.88. The molecule has 0 saturated heterocycles. The molecule has 0 aliphatic rings. The highest BCUT2D eigenvalue weighted by Crippen LogP contribution is 2.32. The van der Waals surface area contributed by atoms with Crippen LogP contribution in [0.25, 0.3) is 10.9 Å². The third-order valence-corrected chi connectivity index (χ3v) is 7.06. The molecule has 0 aliphatic carbocycles. The Balaban J connectivity index is 1.44. The summed E-state index contributed by atoms with van der Waals surface area (Å²) in [4.78, 5) is 17.3. The fraction of sp³-hybridized carbons (Fsp3) is 0.208. The Kier molecular flexibility index (Phi) is 6.74. The number of thiophene rings is 1. The summed E-state index contributed by atoms with van der Waals surface area (Å²) >= 11 is 1.68. The topological polar surface area (TPSA) is 91.1 Å². The van der Waals surface area contributed by atoms with Crippen LogP contribution >= 0.6 is 11.3 Å². The van der Waals surface area contributed by atoms with Gasteiger partial charge >= 0.3 is 0 Å². The van der Waals surface area contributed by atoms with Crippen molar-refractivity contribution in [2.45, 2.75) is 12.3 Å². The molecule has 0 saturated carbocycles. The zero-order valence-corrected chi connectivity index (χ0v) is 19.3. The molecule has 32 heavy (non-hydrogen) atoms. The zero-order valence-electron chi connectivity index (χ0n) is 17.7. The molecule has 2 heterocycles. The Hall–Kier alpha value is -2.94. The molecule has 1 atom stereocenters. The number of hydrogen-bond donors (Lipinski definition) is 3. The maximum Gasteiger partial charge on any atom is 0.251 e. The average molecular weight is 468 g/mol. The Bertz CT molecular complexity index is 1290. The maximum atomic E-state index is 12.8. The molecule has 0 bridgehead atoms. The number of aromatic nitrogens is 1. The largest absolute Gasteiger partial charge is 0.361 e. The van der Waals surface area contributed by atoms with Gasteiger partial charge in [0.05, 0.1) is 6.26 Å². The van der Waals surface area contributed by atoms with Gasteiger partial charge in [0.2, 0.25) is 10.0 Å². The Morgan fingerprint density at radius 1 is 1.06 bits per heavy atom. The van der Waals surface area contributed by atoms with E-state index in [0.717, 1.165) is 28.3 Å². The normalized spacial score (nSPS) is 12.7. The van der Waals surface area contributed by atoms with Crippen molar-refractivity contribution in [3.05, 3.63) is 93.8 Å². The number of para-hydroxylation sites is 1. The lowest BCUT2D eigenvalue weighted by Crippen LogP contribution is -2.28. The smallest absolute Gasteiger partial charge is 0.251 e. The van der Waals surface area contributed by atoms with Crippen LogP contribution in [-0.4, -0.2) is 38.7 Å². The molecule has 0 aliphatic heterocycles. The lowest BCUT2D eigenvalue weighted by molar-refractivity contribution is 0.0952. The lowest BCUT2D eigenvalue weighted by atomic mass is 9.96. The molecular weight excluding hydrogens is 442 g/mol. The molecule has 0 spiro atoms. The summed E-state index contributed by atoms with van der Waals surface area (Å²) < 4.78 is 24.8. The average Bonchev–Trinajstić information content (AvgIpc) is 3.44. The van der Waals surface area contributed by atoms with Gasteiger partial charge in [0.15, 0.2) is 0 Å². The first-order valence-electron chi connectivity index (χ1n) is 10.3. The standard InChI is InChI=1S/C24H25N3O3S2/c1-32(29,30)27-13-12-17-8-10-18(11-9-17)24(28)26-16-21(23-7-4-14-31-23)20-15-25-22-6-3-2-5-19(20)22/h2-11,14-15,21,25,27H,12-13,16H2,1H3,(H,26,28). The second kappa shape index (κ2) is 9.68. The van der Waals surface area contributed by atoms with E-state index in [-0.39, 0.29) is 11.8 Å². The molecule has 166 valence electrons. The molecule has 8 heteroatoms. The minimum atomic E-state index is -3.20. The molecule has 2 aromatic carbocycles. The summed E-state index contributed by atoms with van der Waals surface area (Å²) in [6, 6.07) is 19.6.